The summed E-state index contributed by atoms with van der Waals surface area (Å²) in [6.07, 6.45) is 5.07. The molecule has 0 aliphatic carbocycles. The fourth-order valence-electron chi connectivity index (χ4n) is 2.37. The summed E-state index contributed by atoms with van der Waals surface area (Å²) in [4.78, 5) is 4.08. The van der Waals surface area contributed by atoms with Gasteiger partial charge in [0.1, 0.15) is 16.4 Å². The van der Waals surface area contributed by atoms with E-state index >= 15 is 0 Å². The highest BCUT2D eigenvalue weighted by atomic mass is 32.2. The third-order valence-electron chi connectivity index (χ3n) is 3.20. The molecule has 21 heavy (non-hydrogen) atoms. The molecule has 0 bridgehead atoms. The fourth-order valence-corrected chi connectivity index (χ4v) is 4.06. The highest BCUT2D eigenvalue weighted by molar-refractivity contribution is 7.89. The van der Waals surface area contributed by atoms with Crippen molar-refractivity contribution >= 4 is 10.0 Å². The number of sulfonamides is 1. The molecule has 0 aliphatic heterocycles. The number of aryl methyl sites for hydroxylation is 2. The van der Waals surface area contributed by atoms with Crippen molar-refractivity contribution in [3.63, 3.8) is 0 Å². The number of hydrogen-bond donors (Lipinski definition) is 2. The minimum atomic E-state index is -3.67. The first kappa shape index (κ1) is 15.7. The molecular formula is C13H20N4O3S. The molecule has 1 atom stereocenters. The van der Waals surface area contributed by atoms with E-state index < -0.39 is 10.0 Å². The second kappa shape index (κ2) is 6.00. The van der Waals surface area contributed by atoms with Gasteiger partial charge in [0.25, 0.3) is 0 Å². The molecule has 0 saturated carbocycles. The third kappa shape index (κ3) is 3.34. The highest BCUT2D eigenvalue weighted by Crippen LogP contribution is 2.26. The first-order chi connectivity index (χ1) is 9.85. The smallest absolute Gasteiger partial charge is 0.244 e. The molecule has 7 nitrogen and oxygen atoms in total. The molecule has 0 radical (unpaired) electrons. The maximum atomic E-state index is 12.5. The van der Waals surface area contributed by atoms with Gasteiger partial charge < -0.3 is 14.7 Å². The van der Waals surface area contributed by atoms with Gasteiger partial charge in [-0.25, -0.2) is 18.1 Å². The van der Waals surface area contributed by atoms with Crippen LogP contribution in [-0.4, -0.2) is 24.0 Å². The Hall–Kier alpha value is -1.64. The fraction of sp³-hybridized carbons (Fsp3) is 0.462. The van der Waals surface area contributed by atoms with Gasteiger partial charge in [0.15, 0.2) is 0 Å². The van der Waals surface area contributed by atoms with E-state index in [4.69, 9.17) is 10.2 Å². The van der Waals surface area contributed by atoms with E-state index in [1.54, 1.807) is 39.5 Å². The van der Waals surface area contributed by atoms with Crippen LogP contribution in [0.1, 0.15) is 24.0 Å². The van der Waals surface area contributed by atoms with Crippen molar-refractivity contribution in [2.45, 2.75) is 44.8 Å². The molecule has 0 spiro atoms. The van der Waals surface area contributed by atoms with E-state index in [9.17, 15) is 8.42 Å². The van der Waals surface area contributed by atoms with Crippen molar-refractivity contribution in [1.82, 2.24) is 14.3 Å². The Balaban J connectivity index is 2.22. The van der Waals surface area contributed by atoms with Gasteiger partial charge in [0.2, 0.25) is 10.0 Å². The van der Waals surface area contributed by atoms with Crippen LogP contribution in [0.4, 0.5) is 0 Å². The Kier molecular flexibility index (Phi) is 4.50. The van der Waals surface area contributed by atoms with Crippen LogP contribution < -0.4 is 10.5 Å². The zero-order chi connectivity index (χ0) is 15.6. The number of furan rings is 1. The molecule has 3 N–H and O–H groups in total. The van der Waals surface area contributed by atoms with E-state index in [1.807, 2.05) is 4.57 Å². The minimum absolute atomic E-state index is 0.120. The summed E-state index contributed by atoms with van der Waals surface area (Å²) in [5.41, 5.74) is 6.16. The van der Waals surface area contributed by atoms with Gasteiger partial charge in [-0.1, -0.05) is 0 Å². The van der Waals surface area contributed by atoms with E-state index in [1.165, 1.54) is 0 Å². The predicted molar refractivity (Wildman–Crippen MR) is 78.1 cm³/mol. The monoisotopic (exact) mass is 312 g/mol. The number of nitrogens with two attached hydrogens (primary N) is 1. The number of hydrogen-bond acceptors (Lipinski definition) is 5. The van der Waals surface area contributed by atoms with Crippen molar-refractivity contribution in [3.8, 4) is 0 Å². The lowest BCUT2D eigenvalue weighted by Crippen LogP contribution is -2.36. The van der Waals surface area contributed by atoms with Crippen LogP contribution in [0.25, 0.3) is 0 Å². The van der Waals surface area contributed by atoms with Gasteiger partial charge in [0, 0.05) is 37.1 Å². The van der Waals surface area contributed by atoms with E-state index in [-0.39, 0.29) is 17.5 Å². The summed E-state index contributed by atoms with van der Waals surface area (Å²) in [6.45, 7) is 5.74. The topological polar surface area (TPSA) is 103 Å². The average molecular weight is 312 g/mol. The maximum absolute atomic E-state index is 12.5. The summed E-state index contributed by atoms with van der Waals surface area (Å²) >= 11 is 0. The summed E-state index contributed by atoms with van der Waals surface area (Å²) < 4.78 is 34.9. The third-order valence-corrected chi connectivity index (χ3v) is 4.98. The van der Waals surface area contributed by atoms with Crippen LogP contribution in [-0.2, 0) is 23.1 Å². The minimum Gasteiger partial charge on any atom is -0.465 e. The first-order valence-corrected chi connectivity index (χ1v) is 8.10. The first-order valence-electron chi connectivity index (χ1n) is 6.62. The number of aromatic nitrogens is 2. The van der Waals surface area contributed by atoms with Gasteiger partial charge in [0.05, 0.1) is 6.33 Å². The molecule has 1 unspecified atom stereocenters. The van der Waals surface area contributed by atoms with Crippen molar-refractivity contribution in [1.29, 1.82) is 0 Å². The maximum Gasteiger partial charge on any atom is 0.244 e. The Morgan fingerprint density at radius 1 is 1.43 bits per heavy atom. The summed E-state index contributed by atoms with van der Waals surface area (Å²) in [5, 5.41) is 0. The number of imidazole rings is 1. The van der Waals surface area contributed by atoms with Crippen LogP contribution in [0.2, 0.25) is 0 Å². The summed E-state index contributed by atoms with van der Waals surface area (Å²) in [7, 11) is -3.67. The van der Waals surface area contributed by atoms with Crippen LogP contribution in [0, 0.1) is 13.8 Å². The van der Waals surface area contributed by atoms with E-state index in [0.717, 1.165) is 0 Å². The lowest BCUT2D eigenvalue weighted by molar-refractivity contribution is 0.491. The van der Waals surface area contributed by atoms with Crippen molar-refractivity contribution in [3.05, 3.63) is 35.8 Å². The Bertz CT molecular complexity index is 704. The molecule has 2 aromatic rings. The lowest BCUT2D eigenvalue weighted by Gasteiger charge is -2.15. The highest BCUT2D eigenvalue weighted by Gasteiger charge is 2.27. The molecule has 2 rings (SSSR count). The van der Waals surface area contributed by atoms with Crippen molar-refractivity contribution in [2.75, 3.05) is 0 Å². The zero-order valence-electron chi connectivity index (χ0n) is 12.3. The second-order valence-corrected chi connectivity index (χ2v) is 6.66. The molecule has 2 heterocycles. The SMILES string of the molecule is Cc1oc(C)c(S(=O)(=O)NC(C)Cn2ccnc2)c1CN. The molecular weight excluding hydrogens is 292 g/mol. The molecule has 0 fully saturated rings. The van der Waals surface area contributed by atoms with E-state index in [0.29, 0.717) is 23.6 Å². The van der Waals surface area contributed by atoms with Gasteiger partial charge in [-0.05, 0) is 20.8 Å². The Labute approximate surface area is 124 Å². The summed E-state index contributed by atoms with van der Waals surface area (Å²) in [6, 6.07) is -0.288. The van der Waals surface area contributed by atoms with Gasteiger partial charge in [-0.15, -0.1) is 0 Å². The Morgan fingerprint density at radius 2 is 2.14 bits per heavy atom. The van der Waals surface area contributed by atoms with Gasteiger partial charge >= 0.3 is 0 Å². The quantitative estimate of drug-likeness (QED) is 0.825. The number of nitrogens with one attached hydrogen (secondary N) is 1. The normalized spacial score (nSPS) is 13.5. The van der Waals surface area contributed by atoms with Crippen molar-refractivity contribution < 1.29 is 12.8 Å². The molecule has 0 amide bonds. The number of nitrogens with zero attached hydrogens (tertiary/aromatic N) is 2. The lowest BCUT2D eigenvalue weighted by atomic mass is 10.2. The Morgan fingerprint density at radius 3 is 2.71 bits per heavy atom. The molecule has 8 heteroatoms. The largest absolute Gasteiger partial charge is 0.465 e. The summed E-state index contributed by atoms with van der Waals surface area (Å²) in [5.74, 6) is 0.896. The van der Waals surface area contributed by atoms with Crippen molar-refractivity contribution in [2.24, 2.45) is 5.73 Å². The van der Waals surface area contributed by atoms with E-state index in [2.05, 4.69) is 9.71 Å². The van der Waals surface area contributed by atoms with Crippen LogP contribution in [0.5, 0.6) is 0 Å². The molecule has 0 aliphatic rings. The number of rotatable bonds is 6. The second-order valence-electron chi connectivity index (χ2n) is 5.01. The molecule has 116 valence electrons. The molecule has 0 aromatic carbocycles. The molecule has 0 saturated heterocycles. The zero-order valence-corrected chi connectivity index (χ0v) is 13.1. The van der Waals surface area contributed by atoms with Gasteiger partial charge in [-0.2, -0.15) is 0 Å². The molecule has 2 aromatic heterocycles. The van der Waals surface area contributed by atoms with Crippen LogP contribution in [0.15, 0.2) is 28.0 Å². The van der Waals surface area contributed by atoms with Gasteiger partial charge in [-0.3, -0.25) is 0 Å². The van der Waals surface area contributed by atoms with Crippen LogP contribution >= 0.6 is 0 Å². The standard InChI is InChI=1S/C13H20N4O3S/c1-9(7-17-5-4-15-8-17)16-21(18,19)13-11(3)20-10(2)12(13)6-14/h4-5,8-9,16H,6-7,14H2,1-3H3. The predicted octanol–water partition coefficient (Wildman–Crippen LogP) is 0.919. The average Bonchev–Trinajstić information content (AvgIpc) is 2.95. The van der Waals surface area contributed by atoms with Crippen LogP contribution in [0.3, 0.4) is 0 Å².